The summed E-state index contributed by atoms with van der Waals surface area (Å²) >= 11 is 1.57. The number of imidazole rings is 1. The predicted molar refractivity (Wildman–Crippen MR) is 91.7 cm³/mol. The Hall–Kier alpha value is -2.60. The number of thioether (sulfide) groups is 1. The van der Waals surface area contributed by atoms with Crippen LogP contribution in [0.2, 0.25) is 0 Å². The van der Waals surface area contributed by atoms with E-state index in [0.29, 0.717) is 11.1 Å². The standard InChI is InChI=1S/C17H14N4OS/c1-20-15(19-14-8-3-2-7-13(14)16(20)22)11-23-17-18-10-12-6-4-5-9-21(12)17/h2-10H,11H2,1H3. The Kier molecular flexibility index (Phi) is 3.38. The van der Waals surface area contributed by atoms with Crippen LogP contribution in [0.4, 0.5) is 0 Å². The highest BCUT2D eigenvalue weighted by Gasteiger charge is 2.10. The van der Waals surface area contributed by atoms with Crippen LogP contribution in [0.1, 0.15) is 5.82 Å². The molecule has 0 bridgehead atoms. The largest absolute Gasteiger partial charge is 0.299 e. The Bertz CT molecular complexity index is 1070. The summed E-state index contributed by atoms with van der Waals surface area (Å²) < 4.78 is 3.65. The topological polar surface area (TPSA) is 52.2 Å². The van der Waals surface area contributed by atoms with Gasteiger partial charge in [0.2, 0.25) is 0 Å². The molecule has 0 aliphatic heterocycles. The molecule has 0 saturated heterocycles. The summed E-state index contributed by atoms with van der Waals surface area (Å²) in [4.78, 5) is 21.5. The minimum Gasteiger partial charge on any atom is -0.299 e. The van der Waals surface area contributed by atoms with Crippen LogP contribution in [0, 0.1) is 0 Å². The molecule has 0 aliphatic rings. The van der Waals surface area contributed by atoms with Crippen molar-refractivity contribution < 1.29 is 0 Å². The Morgan fingerprint density at radius 2 is 1.96 bits per heavy atom. The Labute approximate surface area is 136 Å². The first kappa shape index (κ1) is 14.0. The van der Waals surface area contributed by atoms with Crippen molar-refractivity contribution in [3.05, 3.63) is 71.0 Å². The van der Waals surface area contributed by atoms with Crippen molar-refractivity contribution >= 4 is 28.2 Å². The fourth-order valence-electron chi connectivity index (χ4n) is 2.55. The molecule has 4 aromatic rings. The van der Waals surface area contributed by atoms with E-state index in [1.54, 1.807) is 23.4 Å². The molecule has 3 heterocycles. The first-order valence-corrected chi connectivity index (χ1v) is 8.22. The van der Waals surface area contributed by atoms with Gasteiger partial charge in [-0.15, -0.1) is 0 Å². The lowest BCUT2D eigenvalue weighted by molar-refractivity contribution is 0.784. The molecule has 0 spiro atoms. The van der Waals surface area contributed by atoms with Crippen molar-refractivity contribution in [2.75, 3.05) is 0 Å². The molecule has 0 amide bonds. The summed E-state index contributed by atoms with van der Waals surface area (Å²) in [6.45, 7) is 0. The van der Waals surface area contributed by atoms with Gasteiger partial charge in [-0.3, -0.25) is 13.8 Å². The molecule has 0 radical (unpaired) electrons. The molecule has 0 atom stereocenters. The first-order chi connectivity index (χ1) is 11.2. The SMILES string of the molecule is Cn1c(CSc2ncc3ccccn23)nc2ccccc2c1=O. The maximum atomic E-state index is 12.4. The quantitative estimate of drug-likeness (QED) is 0.544. The van der Waals surface area contributed by atoms with Gasteiger partial charge >= 0.3 is 0 Å². The van der Waals surface area contributed by atoms with E-state index in [0.717, 1.165) is 22.0 Å². The zero-order chi connectivity index (χ0) is 15.8. The van der Waals surface area contributed by atoms with Gasteiger partial charge in [0.05, 0.1) is 28.4 Å². The first-order valence-electron chi connectivity index (χ1n) is 7.23. The highest BCUT2D eigenvalue weighted by atomic mass is 32.2. The minimum atomic E-state index is -0.0147. The third-order valence-corrected chi connectivity index (χ3v) is 4.77. The van der Waals surface area contributed by atoms with Crippen LogP contribution < -0.4 is 5.56 Å². The molecule has 4 rings (SSSR count). The van der Waals surface area contributed by atoms with Crippen LogP contribution in [0.25, 0.3) is 16.4 Å². The Morgan fingerprint density at radius 3 is 2.87 bits per heavy atom. The fraction of sp³-hybridized carbons (Fsp3) is 0.118. The van der Waals surface area contributed by atoms with E-state index in [4.69, 9.17) is 0 Å². The van der Waals surface area contributed by atoms with Gasteiger partial charge in [0.25, 0.3) is 5.56 Å². The van der Waals surface area contributed by atoms with E-state index < -0.39 is 0 Å². The van der Waals surface area contributed by atoms with Gasteiger partial charge in [0.1, 0.15) is 5.82 Å². The van der Waals surface area contributed by atoms with Crippen LogP contribution in [0.15, 0.2) is 64.8 Å². The van der Waals surface area contributed by atoms with Gasteiger partial charge in [0, 0.05) is 13.2 Å². The summed E-state index contributed by atoms with van der Waals surface area (Å²) in [5.41, 5.74) is 1.77. The van der Waals surface area contributed by atoms with Crippen molar-refractivity contribution in [1.82, 2.24) is 18.9 Å². The lowest BCUT2D eigenvalue weighted by atomic mass is 10.2. The smallest absolute Gasteiger partial charge is 0.261 e. The third kappa shape index (κ3) is 2.41. The average Bonchev–Trinajstić information content (AvgIpc) is 3.00. The lowest BCUT2D eigenvalue weighted by Gasteiger charge is -2.08. The highest BCUT2D eigenvalue weighted by molar-refractivity contribution is 7.98. The number of nitrogens with zero attached hydrogens (tertiary/aromatic N) is 4. The summed E-state index contributed by atoms with van der Waals surface area (Å²) in [6.07, 6.45) is 3.83. The number of benzene rings is 1. The summed E-state index contributed by atoms with van der Waals surface area (Å²) in [5, 5.41) is 1.54. The fourth-order valence-corrected chi connectivity index (χ4v) is 3.50. The van der Waals surface area contributed by atoms with E-state index >= 15 is 0 Å². The zero-order valence-electron chi connectivity index (χ0n) is 12.5. The molecular formula is C17H14N4OS. The lowest BCUT2D eigenvalue weighted by Crippen LogP contribution is -2.21. The van der Waals surface area contributed by atoms with Crippen LogP contribution in [0.5, 0.6) is 0 Å². The van der Waals surface area contributed by atoms with Crippen molar-refractivity contribution in [3.63, 3.8) is 0 Å². The molecule has 23 heavy (non-hydrogen) atoms. The molecule has 0 N–H and O–H groups in total. The van der Waals surface area contributed by atoms with Gasteiger partial charge in [-0.05, 0) is 24.3 Å². The van der Waals surface area contributed by atoms with E-state index in [2.05, 4.69) is 9.97 Å². The average molecular weight is 322 g/mol. The maximum Gasteiger partial charge on any atom is 0.261 e. The maximum absolute atomic E-state index is 12.4. The Balaban J connectivity index is 1.70. The molecule has 6 heteroatoms. The van der Waals surface area contributed by atoms with Crippen LogP contribution in [-0.2, 0) is 12.8 Å². The zero-order valence-corrected chi connectivity index (χ0v) is 13.3. The molecule has 3 aromatic heterocycles. The highest BCUT2D eigenvalue weighted by Crippen LogP contribution is 2.22. The second kappa shape index (κ2) is 5.55. The Morgan fingerprint density at radius 1 is 1.13 bits per heavy atom. The number of para-hydroxylation sites is 1. The van der Waals surface area contributed by atoms with Gasteiger partial charge < -0.3 is 0 Å². The number of hydrogen-bond donors (Lipinski definition) is 0. The van der Waals surface area contributed by atoms with E-state index in [-0.39, 0.29) is 5.56 Å². The summed E-state index contributed by atoms with van der Waals surface area (Å²) in [6, 6.07) is 13.4. The van der Waals surface area contributed by atoms with E-state index in [1.165, 1.54) is 0 Å². The molecule has 5 nitrogen and oxygen atoms in total. The van der Waals surface area contributed by atoms with Gasteiger partial charge in [0.15, 0.2) is 5.16 Å². The van der Waals surface area contributed by atoms with E-state index in [1.807, 2.05) is 59.3 Å². The van der Waals surface area contributed by atoms with Crippen LogP contribution in [0.3, 0.4) is 0 Å². The molecule has 0 saturated carbocycles. The summed E-state index contributed by atoms with van der Waals surface area (Å²) in [7, 11) is 1.77. The molecule has 0 fully saturated rings. The van der Waals surface area contributed by atoms with Gasteiger partial charge in [-0.25, -0.2) is 9.97 Å². The summed E-state index contributed by atoms with van der Waals surface area (Å²) in [5.74, 6) is 1.33. The number of pyridine rings is 1. The van der Waals surface area contributed by atoms with Crippen molar-refractivity contribution in [2.45, 2.75) is 10.9 Å². The monoisotopic (exact) mass is 322 g/mol. The number of fused-ring (bicyclic) bond motifs is 2. The molecule has 1 aromatic carbocycles. The predicted octanol–water partition coefficient (Wildman–Crippen LogP) is 2.87. The molecular weight excluding hydrogens is 308 g/mol. The molecule has 114 valence electrons. The third-order valence-electron chi connectivity index (χ3n) is 3.81. The van der Waals surface area contributed by atoms with Gasteiger partial charge in [-0.1, -0.05) is 30.0 Å². The minimum absolute atomic E-state index is 0.0147. The van der Waals surface area contributed by atoms with Crippen LogP contribution >= 0.6 is 11.8 Å². The number of aromatic nitrogens is 4. The van der Waals surface area contributed by atoms with Crippen molar-refractivity contribution in [3.8, 4) is 0 Å². The number of rotatable bonds is 3. The van der Waals surface area contributed by atoms with E-state index in [9.17, 15) is 4.79 Å². The second-order valence-electron chi connectivity index (χ2n) is 5.23. The molecule has 0 unspecified atom stereocenters. The van der Waals surface area contributed by atoms with Crippen LogP contribution in [-0.4, -0.2) is 18.9 Å². The normalized spacial score (nSPS) is 11.3. The second-order valence-corrected chi connectivity index (χ2v) is 6.18. The van der Waals surface area contributed by atoms with Crippen molar-refractivity contribution in [1.29, 1.82) is 0 Å². The number of hydrogen-bond acceptors (Lipinski definition) is 4. The van der Waals surface area contributed by atoms with Crippen molar-refractivity contribution in [2.24, 2.45) is 7.05 Å². The van der Waals surface area contributed by atoms with Gasteiger partial charge in [-0.2, -0.15) is 0 Å². The molecule has 0 aliphatic carbocycles.